The second kappa shape index (κ2) is 5.01. The standard InChI is InChI=1S/C11H11FN4S/c1-7-10(14-11(17)16-15-7)13-6-8-2-4-9(12)5-3-8/h2-5H,6H2,1H3,(H2,13,14,16,17). The summed E-state index contributed by atoms with van der Waals surface area (Å²) in [5.74, 6) is 0.393. The molecule has 0 fully saturated rings. The molecule has 0 saturated heterocycles. The predicted octanol–water partition coefficient (Wildman–Crippen LogP) is 2.59. The van der Waals surface area contributed by atoms with Crippen molar-refractivity contribution >= 4 is 18.0 Å². The van der Waals surface area contributed by atoms with Gasteiger partial charge in [0.25, 0.3) is 0 Å². The number of hydrogen-bond donors (Lipinski definition) is 2. The van der Waals surface area contributed by atoms with Gasteiger partial charge in [0, 0.05) is 6.54 Å². The minimum absolute atomic E-state index is 0.244. The summed E-state index contributed by atoms with van der Waals surface area (Å²) in [5.41, 5.74) is 1.70. The maximum absolute atomic E-state index is 12.7. The molecule has 17 heavy (non-hydrogen) atoms. The van der Waals surface area contributed by atoms with Crippen LogP contribution in [-0.2, 0) is 6.54 Å². The minimum atomic E-state index is -0.244. The first-order valence-corrected chi connectivity index (χ1v) is 5.47. The van der Waals surface area contributed by atoms with Crippen molar-refractivity contribution in [1.29, 1.82) is 0 Å². The zero-order valence-electron chi connectivity index (χ0n) is 9.20. The summed E-state index contributed by atoms with van der Waals surface area (Å²) in [7, 11) is 0. The Labute approximate surface area is 103 Å². The lowest BCUT2D eigenvalue weighted by Crippen LogP contribution is -2.05. The van der Waals surface area contributed by atoms with Gasteiger partial charge in [-0.2, -0.15) is 10.1 Å². The molecular weight excluding hydrogens is 239 g/mol. The van der Waals surface area contributed by atoms with Crippen LogP contribution in [0.25, 0.3) is 0 Å². The minimum Gasteiger partial charge on any atom is -0.364 e. The van der Waals surface area contributed by atoms with E-state index in [-0.39, 0.29) is 5.82 Å². The molecule has 4 nitrogen and oxygen atoms in total. The van der Waals surface area contributed by atoms with Gasteiger partial charge < -0.3 is 5.32 Å². The second-order valence-electron chi connectivity index (χ2n) is 3.55. The van der Waals surface area contributed by atoms with Crippen LogP contribution in [0.3, 0.4) is 0 Å². The topological polar surface area (TPSA) is 53.6 Å². The molecule has 0 aliphatic carbocycles. The van der Waals surface area contributed by atoms with Gasteiger partial charge in [0.05, 0.1) is 5.69 Å². The summed E-state index contributed by atoms with van der Waals surface area (Å²) >= 11 is 4.89. The van der Waals surface area contributed by atoms with E-state index < -0.39 is 0 Å². The van der Waals surface area contributed by atoms with E-state index in [2.05, 4.69) is 20.5 Å². The number of aryl methyl sites for hydroxylation is 1. The van der Waals surface area contributed by atoms with Crippen LogP contribution in [0.15, 0.2) is 24.3 Å². The Morgan fingerprint density at radius 2 is 2.06 bits per heavy atom. The number of hydrogen-bond acceptors (Lipinski definition) is 4. The SMILES string of the molecule is Cc1n[nH]c(=S)nc1NCc1ccc(F)cc1. The van der Waals surface area contributed by atoms with Crippen LogP contribution in [0.1, 0.15) is 11.3 Å². The largest absolute Gasteiger partial charge is 0.364 e. The monoisotopic (exact) mass is 250 g/mol. The Morgan fingerprint density at radius 3 is 2.76 bits per heavy atom. The van der Waals surface area contributed by atoms with Gasteiger partial charge in [-0.15, -0.1) is 0 Å². The summed E-state index contributed by atoms with van der Waals surface area (Å²) in [6.07, 6.45) is 0. The Morgan fingerprint density at radius 1 is 1.35 bits per heavy atom. The molecule has 0 spiro atoms. The molecule has 88 valence electrons. The van der Waals surface area contributed by atoms with Crippen molar-refractivity contribution in [3.05, 3.63) is 46.1 Å². The predicted molar refractivity (Wildman–Crippen MR) is 65.7 cm³/mol. The Balaban J connectivity index is 2.09. The molecule has 1 aromatic heterocycles. The molecule has 0 amide bonds. The third-order valence-corrected chi connectivity index (χ3v) is 2.43. The number of nitrogens with zero attached hydrogens (tertiary/aromatic N) is 2. The molecule has 2 aromatic rings. The average Bonchev–Trinajstić information content (AvgIpc) is 2.32. The molecule has 1 heterocycles. The summed E-state index contributed by atoms with van der Waals surface area (Å²) in [6, 6.07) is 6.28. The van der Waals surface area contributed by atoms with Crippen LogP contribution in [0.2, 0.25) is 0 Å². The van der Waals surface area contributed by atoms with Crippen molar-refractivity contribution < 1.29 is 4.39 Å². The highest BCUT2D eigenvalue weighted by molar-refractivity contribution is 7.71. The fourth-order valence-electron chi connectivity index (χ4n) is 1.35. The molecule has 6 heteroatoms. The van der Waals surface area contributed by atoms with Crippen LogP contribution in [-0.4, -0.2) is 15.2 Å². The van der Waals surface area contributed by atoms with Gasteiger partial charge >= 0.3 is 0 Å². The molecular formula is C11H11FN4S. The van der Waals surface area contributed by atoms with E-state index in [9.17, 15) is 4.39 Å². The van der Waals surface area contributed by atoms with Crippen LogP contribution in [0.5, 0.6) is 0 Å². The maximum atomic E-state index is 12.7. The van der Waals surface area contributed by atoms with E-state index >= 15 is 0 Å². The van der Waals surface area contributed by atoms with Gasteiger partial charge in [0.1, 0.15) is 5.82 Å². The third kappa shape index (κ3) is 3.07. The summed E-state index contributed by atoms with van der Waals surface area (Å²) < 4.78 is 13.0. The number of benzene rings is 1. The lowest BCUT2D eigenvalue weighted by molar-refractivity contribution is 0.627. The van der Waals surface area contributed by atoms with Gasteiger partial charge in [-0.05, 0) is 36.8 Å². The average molecular weight is 250 g/mol. The van der Waals surface area contributed by atoms with Gasteiger partial charge in [-0.25, -0.2) is 4.39 Å². The molecule has 0 saturated carbocycles. The quantitative estimate of drug-likeness (QED) is 0.822. The Kier molecular flexibility index (Phi) is 3.43. The highest BCUT2D eigenvalue weighted by atomic mass is 32.1. The molecule has 2 N–H and O–H groups in total. The first-order valence-electron chi connectivity index (χ1n) is 5.07. The smallest absolute Gasteiger partial charge is 0.215 e. The highest BCUT2D eigenvalue weighted by Gasteiger charge is 2.01. The summed E-state index contributed by atoms with van der Waals surface area (Å²) in [4.78, 5) is 4.12. The van der Waals surface area contributed by atoms with Gasteiger partial charge in [0.2, 0.25) is 4.77 Å². The zero-order chi connectivity index (χ0) is 12.3. The summed E-state index contributed by atoms with van der Waals surface area (Å²) in [6.45, 7) is 2.37. The molecule has 2 rings (SSSR count). The molecule has 0 aliphatic heterocycles. The van der Waals surface area contributed by atoms with Crippen molar-refractivity contribution in [2.45, 2.75) is 13.5 Å². The summed E-state index contributed by atoms with van der Waals surface area (Å²) in [5, 5.41) is 9.71. The molecule has 0 unspecified atom stereocenters. The first-order chi connectivity index (χ1) is 8.15. The molecule has 0 atom stereocenters. The van der Waals surface area contributed by atoms with E-state index in [1.165, 1.54) is 12.1 Å². The Bertz CT molecular complexity index is 564. The van der Waals surface area contributed by atoms with Crippen LogP contribution in [0, 0.1) is 17.5 Å². The normalized spacial score (nSPS) is 10.2. The second-order valence-corrected chi connectivity index (χ2v) is 3.94. The van der Waals surface area contributed by atoms with Crippen molar-refractivity contribution in [3.63, 3.8) is 0 Å². The molecule has 0 bridgehead atoms. The van der Waals surface area contributed by atoms with Crippen molar-refractivity contribution in [1.82, 2.24) is 15.2 Å². The van der Waals surface area contributed by atoms with E-state index in [4.69, 9.17) is 12.2 Å². The van der Waals surface area contributed by atoms with Gasteiger partial charge in [-0.3, -0.25) is 5.10 Å². The number of aromatic amines is 1. The number of H-pyrrole nitrogens is 1. The van der Waals surface area contributed by atoms with Crippen molar-refractivity contribution in [3.8, 4) is 0 Å². The van der Waals surface area contributed by atoms with Gasteiger partial charge in [-0.1, -0.05) is 12.1 Å². The number of nitrogens with one attached hydrogen (secondary N) is 2. The number of aromatic nitrogens is 3. The number of halogens is 1. The van der Waals surface area contributed by atoms with Crippen LogP contribution >= 0.6 is 12.2 Å². The molecule has 1 aromatic carbocycles. The lowest BCUT2D eigenvalue weighted by atomic mass is 10.2. The highest BCUT2D eigenvalue weighted by Crippen LogP contribution is 2.09. The van der Waals surface area contributed by atoms with Crippen molar-refractivity contribution in [2.24, 2.45) is 0 Å². The third-order valence-electron chi connectivity index (χ3n) is 2.25. The number of rotatable bonds is 3. The molecule has 0 aliphatic rings. The van der Waals surface area contributed by atoms with E-state index in [1.807, 2.05) is 6.92 Å². The maximum Gasteiger partial charge on any atom is 0.215 e. The fourth-order valence-corrected chi connectivity index (χ4v) is 1.48. The Hall–Kier alpha value is -1.82. The first kappa shape index (κ1) is 11.7. The fraction of sp³-hybridized carbons (Fsp3) is 0.182. The number of anilines is 1. The lowest BCUT2D eigenvalue weighted by Gasteiger charge is -2.07. The van der Waals surface area contributed by atoms with Crippen LogP contribution < -0.4 is 5.32 Å². The van der Waals surface area contributed by atoms with Gasteiger partial charge in [0.15, 0.2) is 5.82 Å². The van der Waals surface area contributed by atoms with Crippen molar-refractivity contribution in [2.75, 3.05) is 5.32 Å². The van der Waals surface area contributed by atoms with E-state index in [1.54, 1.807) is 12.1 Å². The zero-order valence-corrected chi connectivity index (χ0v) is 10.0. The van der Waals surface area contributed by atoms with E-state index in [0.717, 1.165) is 11.3 Å². The van der Waals surface area contributed by atoms with E-state index in [0.29, 0.717) is 17.1 Å². The molecule has 0 radical (unpaired) electrons. The van der Waals surface area contributed by atoms with Crippen LogP contribution in [0.4, 0.5) is 10.2 Å².